The molecular formula is C22H19ClN2O. The molecule has 0 amide bonds. The lowest BCUT2D eigenvalue weighted by Crippen LogP contribution is -2.18. The molecule has 0 fully saturated rings. The van der Waals surface area contributed by atoms with Gasteiger partial charge < -0.3 is 4.74 Å². The Morgan fingerprint density at radius 3 is 2.38 bits per heavy atom. The van der Waals surface area contributed by atoms with E-state index >= 15 is 0 Å². The lowest BCUT2D eigenvalue weighted by Gasteiger charge is -2.24. The van der Waals surface area contributed by atoms with Crippen molar-refractivity contribution in [3.63, 3.8) is 0 Å². The Morgan fingerprint density at radius 2 is 1.62 bits per heavy atom. The van der Waals surface area contributed by atoms with Crippen LogP contribution in [0, 0.1) is 0 Å². The standard InChI is InChI=1S/C22H19ClN2O/c1-26-22-14-8-5-11-17(22)19-15-21(16-9-3-2-4-10-16)25(24-19)20-13-7-6-12-18(20)23/h2-14,21H,15H2,1H3. The van der Waals surface area contributed by atoms with Crippen molar-refractivity contribution in [2.75, 3.05) is 12.1 Å². The number of hydrazone groups is 1. The van der Waals surface area contributed by atoms with Gasteiger partial charge in [-0.3, -0.25) is 5.01 Å². The van der Waals surface area contributed by atoms with Gasteiger partial charge in [0, 0.05) is 12.0 Å². The molecular weight excluding hydrogens is 344 g/mol. The summed E-state index contributed by atoms with van der Waals surface area (Å²) < 4.78 is 5.54. The average molecular weight is 363 g/mol. The second-order valence-electron chi connectivity index (χ2n) is 6.17. The Labute approximate surface area is 158 Å². The average Bonchev–Trinajstić information content (AvgIpc) is 3.14. The normalized spacial score (nSPS) is 16.5. The summed E-state index contributed by atoms with van der Waals surface area (Å²) in [7, 11) is 1.69. The predicted octanol–water partition coefficient (Wildman–Crippen LogP) is 5.70. The first kappa shape index (κ1) is 16.7. The van der Waals surface area contributed by atoms with Gasteiger partial charge in [-0.05, 0) is 29.8 Å². The number of anilines is 1. The van der Waals surface area contributed by atoms with E-state index in [4.69, 9.17) is 21.4 Å². The molecule has 1 atom stereocenters. The number of nitrogens with zero attached hydrogens (tertiary/aromatic N) is 2. The molecule has 0 radical (unpaired) electrons. The molecule has 3 aromatic rings. The molecule has 4 rings (SSSR count). The number of hydrogen-bond acceptors (Lipinski definition) is 3. The monoisotopic (exact) mass is 362 g/mol. The predicted molar refractivity (Wildman–Crippen MR) is 107 cm³/mol. The fourth-order valence-electron chi connectivity index (χ4n) is 3.35. The van der Waals surface area contributed by atoms with Crippen LogP contribution in [0.25, 0.3) is 0 Å². The van der Waals surface area contributed by atoms with Crippen molar-refractivity contribution in [2.45, 2.75) is 12.5 Å². The summed E-state index contributed by atoms with van der Waals surface area (Å²) in [5, 5.41) is 7.66. The van der Waals surface area contributed by atoms with Crippen molar-refractivity contribution in [3.05, 3.63) is 95.0 Å². The fourth-order valence-corrected chi connectivity index (χ4v) is 3.57. The highest BCUT2D eigenvalue weighted by Gasteiger charge is 2.31. The Hall–Kier alpha value is -2.78. The Kier molecular flexibility index (Phi) is 4.63. The van der Waals surface area contributed by atoms with Crippen molar-refractivity contribution >= 4 is 23.0 Å². The maximum absolute atomic E-state index is 6.47. The third kappa shape index (κ3) is 3.06. The van der Waals surface area contributed by atoms with Crippen LogP contribution in [0.3, 0.4) is 0 Å². The van der Waals surface area contributed by atoms with Gasteiger partial charge >= 0.3 is 0 Å². The topological polar surface area (TPSA) is 24.8 Å². The van der Waals surface area contributed by atoms with Gasteiger partial charge in [0.1, 0.15) is 5.75 Å². The van der Waals surface area contributed by atoms with Gasteiger partial charge in [0.2, 0.25) is 0 Å². The molecule has 130 valence electrons. The zero-order valence-corrected chi connectivity index (χ0v) is 15.2. The van der Waals surface area contributed by atoms with Gasteiger partial charge in [0.15, 0.2) is 0 Å². The molecule has 0 N–H and O–H groups in total. The van der Waals surface area contributed by atoms with E-state index in [1.54, 1.807) is 7.11 Å². The minimum atomic E-state index is 0.0935. The zero-order valence-electron chi connectivity index (χ0n) is 14.5. The summed E-state index contributed by atoms with van der Waals surface area (Å²) in [6.07, 6.45) is 0.787. The van der Waals surface area contributed by atoms with E-state index in [2.05, 4.69) is 30.3 Å². The molecule has 1 heterocycles. The minimum Gasteiger partial charge on any atom is -0.496 e. The van der Waals surface area contributed by atoms with Crippen LogP contribution in [-0.4, -0.2) is 12.8 Å². The van der Waals surface area contributed by atoms with E-state index in [1.165, 1.54) is 5.56 Å². The minimum absolute atomic E-state index is 0.0935. The van der Waals surface area contributed by atoms with Crippen LogP contribution in [0.2, 0.25) is 5.02 Å². The van der Waals surface area contributed by atoms with Crippen LogP contribution in [-0.2, 0) is 0 Å². The second kappa shape index (κ2) is 7.22. The van der Waals surface area contributed by atoms with Crippen LogP contribution < -0.4 is 9.75 Å². The molecule has 0 spiro atoms. The molecule has 1 aliphatic rings. The molecule has 26 heavy (non-hydrogen) atoms. The van der Waals surface area contributed by atoms with Crippen LogP contribution in [0.4, 0.5) is 5.69 Å². The number of ether oxygens (including phenoxy) is 1. The van der Waals surface area contributed by atoms with Gasteiger partial charge in [-0.25, -0.2) is 0 Å². The summed E-state index contributed by atoms with van der Waals surface area (Å²) in [6, 6.07) is 26.3. The first-order valence-corrected chi connectivity index (χ1v) is 8.95. The van der Waals surface area contributed by atoms with Gasteiger partial charge in [-0.2, -0.15) is 5.10 Å². The van der Waals surface area contributed by atoms with Gasteiger partial charge in [0.05, 0.1) is 29.6 Å². The van der Waals surface area contributed by atoms with E-state index in [0.717, 1.165) is 29.1 Å². The molecule has 0 saturated carbocycles. The highest BCUT2D eigenvalue weighted by atomic mass is 35.5. The molecule has 0 saturated heterocycles. The molecule has 3 aromatic carbocycles. The smallest absolute Gasteiger partial charge is 0.127 e. The lowest BCUT2D eigenvalue weighted by molar-refractivity contribution is 0.414. The molecule has 0 aliphatic carbocycles. The largest absolute Gasteiger partial charge is 0.496 e. The third-order valence-corrected chi connectivity index (χ3v) is 4.93. The number of para-hydroxylation sites is 2. The van der Waals surface area contributed by atoms with Crippen LogP contribution >= 0.6 is 11.6 Å². The van der Waals surface area contributed by atoms with E-state index in [1.807, 2.05) is 53.5 Å². The Bertz CT molecular complexity index is 940. The number of hydrogen-bond donors (Lipinski definition) is 0. The summed E-state index contributed by atoms with van der Waals surface area (Å²) in [5.41, 5.74) is 4.13. The summed E-state index contributed by atoms with van der Waals surface area (Å²) >= 11 is 6.47. The van der Waals surface area contributed by atoms with E-state index < -0.39 is 0 Å². The van der Waals surface area contributed by atoms with Crippen LogP contribution in [0.5, 0.6) is 5.75 Å². The maximum atomic E-state index is 6.47. The first-order chi connectivity index (χ1) is 12.8. The van der Waals surface area contributed by atoms with E-state index in [0.29, 0.717) is 5.02 Å². The summed E-state index contributed by atoms with van der Waals surface area (Å²) in [5.74, 6) is 0.832. The van der Waals surface area contributed by atoms with Crippen molar-refractivity contribution in [1.82, 2.24) is 0 Å². The highest BCUT2D eigenvalue weighted by molar-refractivity contribution is 6.33. The van der Waals surface area contributed by atoms with Crippen molar-refractivity contribution < 1.29 is 4.74 Å². The first-order valence-electron chi connectivity index (χ1n) is 8.57. The van der Waals surface area contributed by atoms with Gasteiger partial charge in [-0.1, -0.05) is 66.2 Å². The molecule has 1 unspecified atom stereocenters. The van der Waals surface area contributed by atoms with Gasteiger partial charge in [-0.15, -0.1) is 0 Å². The molecule has 0 bridgehead atoms. The quantitative estimate of drug-likeness (QED) is 0.594. The lowest BCUT2D eigenvalue weighted by atomic mass is 9.98. The SMILES string of the molecule is COc1ccccc1C1=NN(c2ccccc2Cl)C(c2ccccc2)C1. The second-order valence-corrected chi connectivity index (χ2v) is 6.58. The fraction of sp³-hybridized carbons (Fsp3) is 0.136. The number of methoxy groups -OCH3 is 1. The highest BCUT2D eigenvalue weighted by Crippen LogP contribution is 2.40. The van der Waals surface area contributed by atoms with E-state index in [9.17, 15) is 0 Å². The molecule has 4 heteroatoms. The Morgan fingerprint density at radius 1 is 0.923 bits per heavy atom. The zero-order chi connectivity index (χ0) is 17.9. The molecule has 0 aromatic heterocycles. The maximum Gasteiger partial charge on any atom is 0.127 e. The van der Waals surface area contributed by atoms with Gasteiger partial charge in [0.25, 0.3) is 0 Å². The van der Waals surface area contributed by atoms with E-state index in [-0.39, 0.29) is 6.04 Å². The Balaban J connectivity index is 1.81. The van der Waals surface area contributed by atoms with Crippen molar-refractivity contribution in [2.24, 2.45) is 5.10 Å². The molecule has 3 nitrogen and oxygen atoms in total. The van der Waals surface area contributed by atoms with Crippen LogP contribution in [0.15, 0.2) is 84.0 Å². The van der Waals surface area contributed by atoms with Crippen molar-refractivity contribution in [1.29, 1.82) is 0 Å². The number of halogens is 1. The van der Waals surface area contributed by atoms with Crippen molar-refractivity contribution in [3.8, 4) is 5.75 Å². The summed E-state index contributed by atoms with van der Waals surface area (Å²) in [6.45, 7) is 0. The van der Waals surface area contributed by atoms with Crippen LogP contribution in [0.1, 0.15) is 23.6 Å². The summed E-state index contributed by atoms with van der Waals surface area (Å²) in [4.78, 5) is 0. The number of benzene rings is 3. The number of rotatable bonds is 4. The third-order valence-electron chi connectivity index (χ3n) is 4.61. The molecule has 1 aliphatic heterocycles.